The molecular weight excluding hydrogens is 388 g/mol. The summed E-state index contributed by atoms with van der Waals surface area (Å²) in [4.78, 5) is 13.3. The van der Waals surface area contributed by atoms with Crippen molar-refractivity contribution in [3.8, 4) is 0 Å². The van der Waals surface area contributed by atoms with E-state index in [9.17, 15) is 4.79 Å². The molecule has 0 radical (unpaired) electrons. The van der Waals surface area contributed by atoms with Crippen LogP contribution >= 0.6 is 0 Å². The number of carbonyl (C=O) groups excluding carboxylic acids is 1. The van der Waals surface area contributed by atoms with Crippen molar-refractivity contribution in [3.63, 3.8) is 0 Å². The third-order valence-corrected chi connectivity index (χ3v) is 2.32. The van der Waals surface area contributed by atoms with Gasteiger partial charge in [-0.05, 0) is 12.8 Å². The molecule has 0 aliphatic rings. The van der Waals surface area contributed by atoms with Crippen LogP contribution in [0.15, 0.2) is 0 Å². The molecule has 0 aliphatic heterocycles. The fourth-order valence-corrected chi connectivity index (χ4v) is 1.38. The third-order valence-electron chi connectivity index (χ3n) is 2.32. The monoisotopic (exact) mass is 413 g/mol. The van der Waals surface area contributed by atoms with Crippen LogP contribution in [0.2, 0.25) is 0 Å². The van der Waals surface area contributed by atoms with Crippen LogP contribution in [0.25, 0.3) is 5.32 Å². The van der Waals surface area contributed by atoms with Gasteiger partial charge in [-0.2, -0.15) is 7.05 Å². The number of hydrogen-bond acceptors (Lipinski definition) is 2. The summed E-state index contributed by atoms with van der Waals surface area (Å²) in [6.07, 6.45) is 1.88. The van der Waals surface area contributed by atoms with Crippen molar-refractivity contribution in [2.45, 2.75) is 26.7 Å². The van der Waals surface area contributed by atoms with Crippen LogP contribution in [0.5, 0.6) is 0 Å². The number of ether oxygens (including phenoxy) is 1. The summed E-state index contributed by atoms with van der Waals surface area (Å²) in [5.41, 5.74) is 0. The van der Waals surface area contributed by atoms with E-state index in [1.807, 2.05) is 27.9 Å². The SMILES string of the molecule is C[N-]CCCOCCCN(C)C(=O)C(C)C.[W]. The molecule has 0 fully saturated rings. The number of nitrogens with zero attached hydrogens (tertiary/aromatic N) is 2. The number of carbonyl (C=O) groups is 1. The quantitative estimate of drug-likeness (QED) is 0.543. The van der Waals surface area contributed by atoms with Gasteiger partial charge in [-0.15, -0.1) is 6.54 Å². The molecular formula is C12H25N2O2W-. The number of rotatable bonds is 9. The molecule has 0 heterocycles. The van der Waals surface area contributed by atoms with Crippen molar-refractivity contribution in [2.75, 3.05) is 40.4 Å². The molecule has 0 saturated heterocycles. The van der Waals surface area contributed by atoms with Crippen LogP contribution in [-0.2, 0) is 30.6 Å². The van der Waals surface area contributed by atoms with Gasteiger partial charge >= 0.3 is 0 Å². The Balaban J connectivity index is 0. The Morgan fingerprint density at radius 1 is 1.29 bits per heavy atom. The second kappa shape index (κ2) is 12.5. The topological polar surface area (TPSA) is 43.6 Å². The van der Waals surface area contributed by atoms with E-state index >= 15 is 0 Å². The smallest absolute Gasteiger partial charge is 0.224 e. The number of hydrogen-bond donors (Lipinski definition) is 0. The molecule has 0 aromatic heterocycles. The molecule has 0 bridgehead atoms. The van der Waals surface area contributed by atoms with Gasteiger partial charge in [-0.3, -0.25) is 4.79 Å². The van der Waals surface area contributed by atoms with E-state index in [0.717, 1.165) is 39.1 Å². The first kappa shape index (κ1) is 19.4. The first-order valence-electron chi connectivity index (χ1n) is 5.98. The molecule has 0 spiro atoms. The first-order chi connectivity index (χ1) is 7.59. The van der Waals surface area contributed by atoms with E-state index in [4.69, 9.17) is 4.74 Å². The van der Waals surface area contributed by atoms with Crippen molar-refractivity contribution in [1.29, 1.82) is 0 Å². The van der Waals surface area contributed by atoms with E-state index in [0.29, 0.717) is 0 Å². The second-order valence-electron chi connectivity index (χ2n) is 4.27. The van der Waals surface area contributed by atoms with E-state index in [1.165, 1.54) is 0 Å². The molecule has 0 aromatic rings. The van der Waals surface area contributed by atoms with Gasteiger partial charge in [0.1, 0.15) is 0 Å². The molecule has 0 rings (SSSR count). The molecule has 102 valence electrons. The summed E-state index contributed by atoms with van der Waals surface area (Å²) >= 11 is 0. The van der Waals surface area contributed by atoms with Crippen LogP contribution in [0.4, 0.5) is 0 Å². The van der Waals surface area contributed by atoms with Gasteiger partial charge in [-0.1, -0.05) is 13.8 Å². The maximum Gasteiger partial charge on any atom is 0.224 e. The van der Waals surface area contributed by atoms with Gasteiger partial charge < -0.3 is 15.0 Å². The fourth-order valence-electron chi connectivity index (χ4n) is 1.38. The van der Waals surface area contributed by atoms with E-state index < -0.39 is 0 Å². The minimum absolute atomic E-state index is 0. The zero-order chi connectivity index (χ0) is 12.4. The normalized spacial score (nSPS) is 10.2. The summed E-state index contributed by atoms with van der Waals surface area (Å²) in [5, 5.41) is 3.99. The summed E-state index contributed by atoms with van der Waals surface area (Å²) < 4.78 is 5.43. The van der Waals surface area contributed by atoms with Crippen molar-refractivity contribution in [3.05, 3.63) is 5.32 Å². The number of amides is 1. The molecule has 0 saturated carbocycles. The van der Waals surface area contributed by atoms with Gasteiger partial charge in [0.2, 0.25) is 5.91 Å². The Morgan fingerprint density at radius 2 is 1.88 bits per heavy atom. The molecule has 17 heavy (non-hydrogen) atoms. The average Bonchev–Trinajstić information content (AvgIpc) is 2.26. The maximum atomic E-state index is 11.5. The maximum absolute atomic E-state index is 11.5. The molecule has 0 unspecified atom stereocenters. The summed E-state index contributed by atoms with van der Waals surface area (Å²) in [5.74, 6) is 0.280. The molecule has 0 aromatic carbocycles. The molecule has 5 heteroatoms. The molecule has 0 atom stereocenters. The van der Waals surface area contributed by atoms with Crippen molar-refractivity contribution < 1.29 is 30.6 Å². The Labute approximate surface area is 120 Å². The van der Waals surface area contributed by atoms with Crippen LogP contribution in [0.1, 0.15) is 26.7 Å². The van der Waals surface area contributed by atoms with Gasteiger partial charge in [0, 0.05) is 53.8 Å². The molecule has 0 aliphatic carbocycles. The third kappa shape index (κ3) is 10.9. The van der Waals surface area contributed by atoms with Crippen LogP contribution < -0.4 is 0 Å². The summed E-state index contributed by atoms with van der Waals surface area (Å²) in [6, 6.07) is 0. The fraction of sp³-hybridized carbons (Fsp3) is 0.917. The van der Waals surface area contributed by atoms with Gasteiger partial charge in [-0.25, -0.2) is 0 Å². The zero-order valence-electron chi connectivity index (χ0n) is 11.4. The Bertz CT molecular complexity index is 189. The predicted molar refractivity (Wildman–Crippen MR) is 66.7 cm³/mol. The van der Waals surface area contributed by atoms with Gasteiger partial charge in [0.15, 0.2) is 0 Å². The Kier molecular flexibility index (Phi) is 14.3. The minimum Gasteiger partial charge on any atom is -0.665 e. The summed E-state index contributed by atoms with van der Waals surface area (Å²) in [6.45, 7) is 6.96. The van der Waals surface area contributed by atoms with E-state index in [2.05, 4.69) is 5.32 Å². The van der Waals surface area contributed by atoms with Crippen molar-refractivity contribution in [2.24, 2.45) is 5.92 Å². The van der Waals surface area contributed by atoms with Gasteiger partial charge in [0.25, 0.3) is 0 Å². The van der Waals surface area contributed by atoms with Crippen LogP contribution in [0, 0.1) is 5.92 Å². The average molecular weight is 413 g/mol. The van der Waals surface area contributed by atoms with Crippen molar-refractivity contribution >= 4 is 5.91 Å². The summed E-state index contributed by atoms with van der Waals surface area (Å²) in [7, 11) is 3.66. The molecule has 4 nitrogen and oxygen atoms in total. The Morgan fingerprint density at radius 3 is 2.41 bits per heavy atom. The van der Waals surface area contributed by atoms with Crippen LogP contribution in [-0.4, -0.2) is 51.2 Å². The largest absolute Gasteiger partial charge is 0.665 e. The Hall–Kier alpha value is 0.0783. The van der Waals surface area contributed by atoms with E-state index in [1.54, 1.807) is 4.90 Å². The van der Waals surface area contributed by atoms with Crippen molar-refractivity contribution in [1.82, 2.24) is 4.90 Å². The molecule has 0 N–H and O–H groups in total. The molecule has 1 amide bonds. The van der Waals surface area contributed by atoms with Crippen LogP contribution in [0.3, 0.4) is 0 Å². The predicted octanol–water partition coefficient (Wildman–Crippen LogP) is 1.90. The minimum atomic E-state index is 0. The second-order valence-corrected chi connectivity index (χ2v) is 4.27. The van der Waals surface area contributed by atoms with E-state index in [-0.39, 0.29) is 32.9 Å². The standard InChI is InChI=1S/C12H25N2O2.W/c1-11(2)12(15)14(4)8-6-10-16-9-5-7-13-3;/h11H,5-10H2,1-4H3;/q-1;. The van der Waals surface area contributed by atoms with Gasteiger partial charge in [0.05, 0.1) is 0 Å². The zero-order valence-corrected chi connectivity index (χ0v) is 14.4. The first-order valence-corrected chi connectivity index (χ1v) is 5.98.